The van der Waals surface area contributed by atoms with Crippen LogP contribution >= 0.6 is 0 Å². The fraction of sp³-hybridized carbons (Fsp3) is 0.219. The van der Waals surface area contributed by atoms with Gasteiger partial charge in [-0.3, -0.25) is 9.59 Å². The molecule has 3 aromatic carbocycles. The SMILES string of the molecule is C=COC(=O)CCCOc1ccc(-c2ccc(C(=O)Oc3ccc(OCCCC(=O)C(=C)C)cc3)cc2)cc1. The molecule has 0 spiro atoms. The molecule has 0 fully saturated rings. The van der Waals surface area contributed by atoms with Crippen LogP contribution in [0.25, 0.3) is 11.1 Å². The summed E-state index contributed by atoms with van der Waals surface area (Å²) in [7, 11) is 0. The Morgan fingerprint density at radius 3 is 1.74 bits per heavy atom. The van der Waals surface area contributed by atoms with Gasteiger partial charge in [-0.2, -0.15) is 0 Å². The lowest BCUT2D eigenvalue weighted by Crippen LogP contribution is -2.08. The Balaban J connectivity index is 1.45. The summed E-state index contributed by atoms with van der Waals surface area (Å²) < 4.78 is 21.4. The van der Waals surface area contributed by atoms with Gasteiger partial charge in [0.25, 0.3) is 0 Å². The first-order valence-corrected chi connectivity index (χ1v) is 12.6. The van der Waals surface area contributed by atoms with Gasteiger partial charge in [-0.25, -0.2) is 4.79 Å². The smallest absolute Gasteiger partial charge is 0.343 e. The Bertz CT molecular complexity index is 1270. The summed E-state index contributed by atoms with van der Waals surface area (Å²) in [6, 6.07) is 21.5. The van der Waals surface area contributed by atoms with Gasteiger partial charge in [-0.15, -0.1) is 0 Å². The average molecular weight is 529 g/mol. The summed E-state index contributed by atoms with van der Waals surface area (Å²) in [5.74, 6) is 0.975. The molecule has 3 aromatic rings. The molecule has 0 bridgehead atoms. The summed E-state index contributed by atoms with van der Waals surface area (Å²) in [6.07, 6.45) is 2.93. The highest BCUT2D eigenvalue weighted by atomic mass is 16.5. The van der Waals surface area contributed by atoms with Gasteiger partial charge in [0.2, 0.25) is 0 Å². The third kappa shape index (κ3) is 9.63. The first kappa shape index (κ1) is 28.9. The third-order valence-electron chi connectivity index (χ3n) is 5.64. The minimum atomic E-state index is -0.464. The molecule has 0 aliphatic heterocycles. The standard InChI is InChI=1S/C32H32O7/c1-4-36-31(34)8-6-22-38-27-15-13-25(14-16-27)24-9-11-26(12-10-24)32(35)39-29-19-17-28(18-20-29)37-21-5-7-30(33)23(2)3/h4,9-20H,1-2,5-8,21-22H2,3H3. The van der Waals surface area contributed by atoms with Crippen LogP contribution in [0.15, 0.2) is 97.8 Å². The molecule has 0 aromatic heterocycles. The fourth-order valence-electron chi connectivity index (χ4n) is 3.51. The van der Waals surface area contributed by atoms with Crippen LogP contribution in [0.3, 0.4) is 0 Å². The molecule has 7 heteroatoms. The molecule has 0 aliphatic carbocycles. The van der Waals surface area contributed by atoms with Crippen molar-refractivity contribution in [2.45, 2.75) is 32.6 Å². The number of ketones is 1. The second kappa shape index (κ2) is 14.9. The van der Waals surface area contributed by atoms with E-state index in [1.165, 1.54) is 0 Å². The van der Waals surface area contributed by atoms with Gasteiger partial charge < -0.3 is 18.9 Å². The van der Waals surface area contributed by atoms with E-state index in [-0.39, 0.29) is 18.2 Å². The molecular formula is C32H32O7. The van der Waals surface area contributed by atoms with Crippen LogP contribution in [0.4, 0.5) is 0 Å². The second-order valence-electron chi connectivity index (χ2n) is 8.73. The van der Waals surface area contributed by atoms with Crippen LogP contribution in [-0.2, 0) is 14.3 Å². The van der Waals surface area contributed by atoms with Crippen molar-refractivity contribution in [1.82, 2.24) is 0 Å². The van der Waals surface area contributed by atoms with Crippen molar-refractivity contribution in [3.8, 4) is 28.4 Å². The lowest BCUT2D eigenvalue weighted by Gasteiger charge is -2.09. The molecule has 0 saturated carbocycles. The van der Waals surface area contributed by atoms with Gasteiger partial charge >= 0.3 is 11.9 Å². The molecule has 0 saturated heterocycles. The molecule has 0 unspecified atom stereocenters. The zero-order valence-corrected chi connectivity index (χ0v) is 22.0. The van der Waals surface area contributed by atoms with Crippen molar-refractivity contribution in [2.24, 2.45) is 0 Å². The highest BCUT2D eigenvalue weighted by Gasteiger charge is 2.10. The van der Waals surface area contributed by atoms with Crippen molar-refractivity contribution in [3.05, 3.63) is 103 Å². The van der Waals surface area contributed by atoms with Gasteiger partial charge in [0.05, 0.1) is 25.0 Å². The van der Waals surface area contributed by atoms with E-state index in [4.69, 9.17) is 14.2 Å². The van der Waals surface area contributed by atoms with E-state index < -0.39 is 5.97 Å². The number of carbonyl (C=O) groups excluding carboxylic acids is 3. The molecule has 39 heavy (non-hydrogen) atoms. The Labute approximate surface area is 228 Å². The van der Waals surface area contributed by atoms with Gasteiger partial charge in [-0.1, -0.05) is 37.4 Å². The molecular weight excluding hydrogens is 496 g/mol. The largest absolute Gasteiger partial charge is 0.494 e. The van der Waals surface area contributed by atoms with E-state index in [9.17, 15) is 14.4 Å². The van der Waals surface area contributed by atoms with E-state index in [0.29, 0.717) is 60.9 Å². The fourth-order valence-corrected chi connectivity index (χ4v) is 3.51. The van der Waals surface area contributed by atoms with Gasteiger partial charge in [0.1, 0.15) is 17.2 Å². The summed E-state index contributed by atoms with van der Waals surface area (Å²) in [5.41, 5.74) is 2.89. The predicted molar refractivity (Wildman–Crippen MR) is 149 cm³/mol. The number of rotatable bonds is 15. The number of hydrogen-bond donors (Lipinski definition) is 0. The van der Waals surface area contributed by atoms with Crippen LogP contribution in [0, 0.1) is 0 Å². The van der Waals surface area contributed by atoms with Crippen molar-refractivity contribution >= 4 is 17.7 Å². The Morgan fingerprint density at radius 1 is 0.718 bits per heavy atom. The lowest BCUT2D eigenvalue weighted by molar-refractivity contribution is -0.138. The number of ether oxygens (including phenoxy) is 4. The summed E-state index contributed by atoms with van der Waals surface area (Å²) in [6.45, 7) is 9.50. The second-order valence-corrected chi connectivity index (χ2v) is 8.73. The number of allylic oxidation sites excluding steroid dienone is 1. The zero-order chi connectivity index (χ0) is 28.0. The molecule has 7 nitrogen and oxygen atoms in total. The Kier molecular flexibility index (Phi) is 11.1. The van der Waals surface area contributed by atoms with Crippen molar-refractivity contribution in [2.75, 3.05) is 13.2 Å². The number of benzene rings is 3. The van der Waals surface area contributed by atoms with Crippen LogP contribution in [0.5, 0.6) is 17.2 Å². The molecule has 0 amide bonds. The zero-order valence-electron chi connectivity index (χ0n) is 22.0. The highest BCUT2D eigenvalue weighted by Crippen LogP contribution is 2.24. The molecule has 0 heterocycles. The van der Waals surface area contributed by atoms with Crippen LogP contribution in [0.1, 0.15) is 43.0 Å². The predicted octanol–water partition coefficient (Wildman–Crippen LogP) is 6.72. The minimum Gasteiger partial charge on any atom is -0.494 e. The number of Topliss-reactive ketones (excluding diaryl/α,β-unsaturated/α-hetero) is 1. The number of hydrogen-bond acceptors (Lipinski definition) is 7. The minimum absolute atomic E-state index is 0.0370. The summed E-state index contributed by atoms with van der Waals surface area (Å²) in [5, 5.41) is 0. The van der Waals surface area contributed by atoms with E-state index >= 15 is 0 Å². The first-order valence-electron chi connectivity index (χ1n) is 12.6. The topological polar surface area (TPSA) is 88.1 Å². The number of carbonyl (C=O) groups is 3. The average Bonchev–Trinajstić information content (AvgIpc) is 2.94. The Hall–Kier alpha value is -4.65. The van der Waals surface area contributed by atoms with Gasteiger partial charge in [-0.05, 0) is 85.0 Å². The van der Waals surface area contributed by atoms with Crippen molar-refractivity contribution in [3.63, 3.8) is 0 Å². The monoisotopic (exact) mass is 528 g/mol. The van der Waals surface area contributed by atoms with E-state index in [1.54, 1.807) is 43.3 Å². The van der Waals surface area contributed by atoms with Crippen LogP contribution in [-0.4, -0.2) is 30.9 Å². The quantitative estimate of drug-likeness (QED) is 0.0711. The molecule has 202 valence electrons. The molecule has 0 N–H and O–H groups in total. The first-order chi connectivity index (χ1) is 18.9. The highest BCUT2D eigenvalue weighted by molar-refractivity contribution is 5.94. The maximum atomic E-state index is 12.6. The molecule has 0 atom stereocenters. The molecule has 0 radical (unpaired) electrons. The van der Waals surface area contributed by atoms with Gasteiger partial charge in [0, 0.05) is 12.8 Å². The van der Waals surface area contributed by atoms with Gasteiger partial charge in [0.15, 0.2) is 5.78 Å². The Morgan fingerprint density at radius 2 is 1.21 bits per heavy atom. The third-order valence-corrected chi connectivity index (χ3v) is 5.64. The molecule has 3 rings (SSSR count). The maximum absolute atomic E-state index is 12.6. The van der Waals surface area contributed by atoms with Crippen molar-refractivity contribution < 1.29 is 33.3 Å². The number of esters is 2. The summed E-state index contributed by atoms with van der Waals surface area (Å²) in [4.78, 5) is 35.5. The van der Waals surface area contributed by atoms with Crippen LogP contribution in [0.2, 0.25) is 0 Å². The van der Waals surface area contributed by atoms with E-state index in [2.05, 4.69) is 17.9 Å². The maximum Gasteiger partial charge on any atom is 0.343 e. The van der Waals surface area contributed by atoms with Crippen molar-refractivity contribution in [1.29, 1.82) is 0 Å². The van der Waals surface area contributed by atoms with Crippen LogP contribution < -0.4 is 14.2 Å². The molecule has 0 aliphatic rings. The summed E-state index contributed by atoms with van der Waals surface area (Å²) >= 11 is 0. The normalized spacial score (nSPS) is 10.3. The lowest BCUT2D eigenvalue weighted by atomic mass is 10.0. The van der Waals surface area contributed by atoms with E-state index in [0.717, 1.165) is 17.4 Å². The van der Waals surface area contributed by atoms with E-state index in [1.807, 2.05) is 36.4 Å².